The van der Waals surface area contributed by atoms with Crippen molar-refractivity contribution in [1.82, 2.24) is 0 Å². The molecule has 0 N–H and O–H groups in total. The van der Waals surface area contributed by atoms with E-state index in [2.05, 4.69) is 0 Å². The van der Waals surface area contributed by atoms with Gasteiger partial charge in [-0.05, 0) is 24.6 Å². The highest BCUT2D eigenvalue weighted by Gasteiger charge is 2.13. The summed E-state index contributed by atoms with van der Waals surface area (Å²) in [4.78, 5) is 0. The standard InChI is InChI=1S/C13H12F2O/c1-2-9(8-13(14)15)12-7-10-5-3-4-6-11(10)16-12/h3-9H,2H2,1H3/t9-/m1/s1. The molecular weight excluding hydrogens is 210 g/mol. The molecule has 0 spiro atoms. The number of benzene rings is 1. The van der Waals surface area contributed by atoms with E-state index in [0.717, 1.165) is 17.0 Å². The van der Waals surface area contributed by atoms with Gasteiger partial charge >= 0.3 is 0 Å². The lowest BCUT2D eigenvalue weighted by atomic mass is 10.0. The van der Waals surface area contributed by atoms with Gasteiger partial charge in [-0.3, -0.25) is 0 Å². The summed E-state index contributed by atoms with van der Waals surface area (Å²) in [5.74, 6) is 0.244. The fourth-order valence-corrected chi connectivity index (χ4v) is 1.74. The maximum atomic E-state index is 12.2. The van der Waals surface area contributed by atoms with Crippen LogP contribution in [0.3, 0.4) is 0 Å². The lowest BCUT2D eigenvalue weighted by molar-refractivity contribution is 0.408. The molecule has 1 atom stereocenters. The Balaban J connectivity index is 2.42. The van der Waals surface area contributed by atoms with E-state index in [4.69, 9.17) is 4.42 Å². The third-order valence-corrected chi connectivity index (χ3v) is 2.58. The zero-order chi connectivity index (χ0) is 11.5. The van der Waals surface area contributed by atoms with E-state index in [9.17, 15) is 8.78 Å². The van der Waals surface area contributed by atoms with Gasteiger partial charge in [0.25, 0.3) is 6.08 Å². The summed E-state index contributed by atoms with van der Waals surface area (Å²) in [5, 5.41) is 0.948. The first-order valence-corrected chi connectivity index (χ1v) is 5.22. The molecule has 2 rings (SSSR count). The van der Waals surface area contributed by atoms with Crippen molar-refractivity contribution in [2.45, 2.75) is 19.3 Å². The molecule has 0 saturated heterocycles. The van der Waals surface area contributed by atoms with Gasteiger partial charge in [0.05, 0.1) is 0 Å². The molecule has 16 heavy (non-hydrogen) atoms. The number of halogens is 2. The van der Waals surface area contributed by atoms with Crippen molar-refractivity contribution in [2.24, 2.45) is 0 Å². The van der Waals surface area contributed by atoms with Crippen LogP contribution in [0.5, 0.6) is 0 Å². The number of hydrogen-bond donors (Lipinski definition) is 0. The fraction of sp³-hybridized carbons (Fsp3) is 0.231. The Morgan fingerprint density at radius 3 is 2.75 bits per heavy atom. The zero-order valence-corrected chi connectivity index (χ0v) is 8.91. The van der Waals surface area contributed by atoms with Crippen molar-refractivity contribution in [3.05, 3.63) is 48.2 Å². The first kappa shape index (κ1) is 10.9. The maximum Gasteiger partial charge on any atom is 0.267 e. The van der Waals surface area contributed by atoms with Crippen molar-refractivity contribution in [3.63, 3.8) is 0 Å². The Morgan fingerprint density at radius 1 is 1.38 bits per heavy atom. The van der Waals surface area contributed by atoms with Gasteiger partial charge in [-0.2, -0.15) is 8.78 Å². The Labute approximate surface area is 92.4 Å². The third kappa shape index (κ3) is 2.13. The van der Waals surface area contributed by atoms with Gasteiger partial charge in [0.1, 0.15) is 11.3 Å². The topological polar surface area (TPSA) is 13.1 Å². The molecule has 0 unspecified atom stereocenters. The van der Waals surface area contributed by atoms with Crippen LogP contribution in [0.25, 0.3) is 11.0 Å². The lowest BCUT2D eigenvalue weighted by Gasteiger charge is -2.04. The van der Waals surface area contributed by atoms with Gasteiger partial charge in [-0.15, -0.1) is 0 Å². The molecule has 2 aromatic rings. The Morgan fingerprint density at radius 2 is 2.12 bits per heavy atom. The van der Waals surface area contributed by atoms with Crippen LogP contribution in [0.15, 0.2) is 46.9 Å². The average Bonchev–Trinajstić information content (AvgIpc) is 2.68. The molecule has 1 heterocycles. The number of fused-ring (bicyclic) bond motifs is 1. The second kappa shape index (κ2) is 4.47. The normalized spacial score (nSPS) is 12.7. The number of para-hydroxylation sites is 1. The van der Waals surface area contributed by atoms with Crippen molar-refractivity contribution in [2.75, 3.05) is 0 Å². The average molecular weight is 222 g/mol. The predicted molar refractivity (Wildman–Crippen MR) is 59.5 cm³/mol. The van der Waals surface area contributed by atoms with E-state index in [0.29, 0.717) is 12.2 Å². The van der Waals surface area contributed by atoms with Crippen molar-refractivity contribution >= 4 is 11.0 Å². The molecule has 0 aliphatic carbocycles. The third-order valence-electron chi connectivity index (χ3n) is 2.58. The van der Waals surface area contributed by atoms with Crippen molar-refractivity contribution < 1.29 is 13.2 Å². The van der Waals surface area contributed by atoms with Crippen molar-refractivity contribution in [3.8, 4) is 0 Å². The second-order valence-electron chi connectivity index (χ2n) is 3.66. The summed E-state index contributed by atoms with van der Waals surface area (Å²) >= 11 is 0. The molecule has 0 bridgehead atoms. The molecule has 0 amide bonds. The van der Waals surface area contributed by atoms with Crippen molar-refractivity contribution in [1.29, 1.82) is 0 Å². The van der Waals surface area contributed by atoms with Crippen LogP contribution >= 0.6 is 0 Å². The van der Waals surface area contributed by atoms with Gasteiger partial charge in [0, 0.05) is 11.3 Å². The van der Waals surface area contributed by atoms with Gasteiger partial charge in [-0.1, -0.05) is 25.1 Å². The highest BCUT2D eigenvalue weighted by molar-refractivity contribution is 5.77. The Kier molecular flexibility index (Phi) is 3.04. The Bertz CT molecular complexity index is 476. The minimum atomic E-state index is -1.66. The largest absolute Gasteiger partial charge is 0.460 e. The van der Waals surface area contributed by atoms with E-state index >= 15 is 0 Å². The van der Waals surface area contributed by atoms with Crippen LogP contribution in [-0.2, 0) is 0 Å². The summed E-state index contributed by atoms with van der Waals surface area (Å²) in [6.45, 7) is 1.86. The van der Waals surface area contributed by atoms with Crippen LogP contribution in [-0.4, -0.2) is 0 Å². The minimum absolute atomic E-state index is 0.350. The predicted octanol–water partition coefficient (Wildman–Crippen LogP) is 4.71. The molecule has 1 aromatic heterocycles. The molecular formula is C13H12F2O. The van der Waals surface area contributed by atoms with E-state index in [1.54, 1.807) is 0 Å². The summed E-state index contributed by atoms with van der Waals surface area (Å²) in [5.41, 5.74) is 0.739. The van der Waals surface area contributed by atoms with E-state index in [1.165, 1.54) is 0 Å². The minimum Gasteiger partial charge on any atom is -0.460 e. The first-order chi connectivity index (χ1) is 7.70. The summed E-state index contributed by atoms with van der Waals surface area (Å²) in [7, 11) is 0. The quantitative estimate of drug-likeness (QED) is 0.733. The van der Waals surface area contributed by atoms with Crippen LogP contribution in [0.2, 0.25) is 0 Å². The fourth-order valence-electron chi connectivity index (χ4n) is 1.74. The smallest absolute Gasteiger partial charge is 0.267 e. The molecule has 0 aliphatic heterocycles. The zero-order valence-electron chi connectivity index (χ0n) is 8.91. The number of rotatable bonds is 3. The molecule has 0 aliphatic rings. The highest BCUT2D eigenvalue weighted by Crippen LogP contribution is 2.29. The number of allylic oxidation sites excluding steroid dienone is 1. The van der Waals surface area contributed by atoms with Crippen LogP contribution in [0.1, 0.15) is 25.0 Å². The first-order valence-electron chi connectivity index (χ1n) is 5.22. The van der Waals surface area contributed by atoms with E-state index in [-0.39, 0.29) is 5.92 Å². The molecule has 0 saturated carbocycles. The van der Waals surface area contributed by atoms with Crippen LogP contribution in [0, 0.1) is 0 Å². The monoisotopic (exact) mass is 222 g/mol. The van der Waals surface area contributed by atoms with E-state index < -0.39 is 6.08 Å². The molecule has 3 heteroatoms. The van der Waals surface area contributed by atoms with Gasteiger partial charge in [0.2, 0.25) is 0 Å². The molecule has 0 fully saturated rings. The molecule has 1 aromatic carbocycles. The van der Waals surface area contributed by atoms with Crippen LogP contribution in [0.4, 0.5) is 8.78 Å². The Hall–Kier alpha value is -1.64. The number of furan rings is 1. The molecule has 1 nitrogen and oxygen atoms in total. The summed E-state index contributed by atoms with van der Waals surface area (Å²) in [6, 6.07) is 9.32. The van der Waals surface area contributed by atoms with Gasteiger partial charge in [0.15, 0.2) is 0 Å². The summed E-state index contributed by atoms with van der Waals surface area (Å²) < 4.78 is 30.0. The molecule has 0 radical (unpaired) electrons. The maximum absolute atomic E-state index is 12.2. The lowest BCUT2D eigenvalue weighted by Crippen LogP contribution is -1.90. The van der Waals surface area contributed by atoms with Gasteiger partial charge in [-0.25, -0.2) is 0 Å². The van der Waals surface area contributed by atoms with Crippen LogP contribution < -0.4 is 0 Å². The SMILES string of the molecule is CC[C@H](C=C(F)F)c1cc2ccccc2o1. The number of hydrogen-bond acceptors (Lipinski definition) is 1. The molecule has 84 valence electrons. The summed E-state index contributed by atoms with van der Waals surface area (Å²) in [6.07, 6.45) is -0.123. The van der Waals surface area contributed by atoms with Gasteiger partial charge < -0.3 is 4.42 Å². The highest BCUT2D eigenvalue weighted by atomic mass is 19.3. The van der Waals surface area contributed by atoms with E-state index in [1.807, 2.05) is 37.3 Å². The second-order valence-corrected chi connectivity index (χ2v) is 3.66.